The summed E-state index contributed by atoms with van der Waals surface area (Å²) in [5, 5.41) is 0. The molecular weight excluding hydrogens is 188 g/mol. The van der Waals surface area contributed by atoms with E-state index in [0.29, 0.717) is 0 Å². The van der Waals surface area contributed by atoms with E-state index in [0.717, 1.165) is 0 Å². The van der Waals surface area contributed by atoms with E-state index in [9.17, 15) is 12.6 Å². The van der Waals surface area contributed by atoms with Gasteiger partial charge in [0, 0.05) is 19.1 Å². The molecule has 0 rings (SSSR count). The molecule has 0 fully saturated rings. The standard InChI is InChI=1S/C4H12N2O3S2/c1-10(2,7)6-11(8,9)4-3-5/h3-5H2,1-2H3. The summed E-state index contributed by atoms with van der Waals surface area (Å²) in [6, 6.07) is 0. The second kappa shape index (κ2) is 3.51. The lowest BCUT2D eigenvalue weighted by atomic mass is 10.8. The van der Waals surface area contributed by atoms with Gasteiger partial charge in [-0.1, -0.05) is 0 Å². The third-order valence-corrected chi connectivity index (χ3v) is 3.76. The van der Waals surface area contributed by atoms with Gasteiger partial charge in [-0.2, -0.15) is 0 Å². The Hall–Kier alpha value is -0.140. The molecular formula is C4H12N2O3S2. The normalized spacial score (nSPS) is 13.0. The molecule has 0 saturated carbocycles. The minimum Gasteiger partial charge on any atom is -0.329 e. The summed E-state index contributed by atoms with van der Waals surface area (Å²) in [5.41, 5.74) is 5.00. The molecule has 0 aromatic carbocycles. The first kappa shape index (κ1) is 10.9. The Morgan fingerprint density at radius 2 is 1.73 bits per heavy atom. The molecule has 11 heavy (non-hydrogen) atoms. The van der Waals surface area contributed by atoms with Crippen molar-refractivity contribution in [2.24, 2.45) is 9.50 Å². The second-order valence-electron chi connectivity index (χ2n) is 2.33. The Morgan fingerprint density at radius 3 is 2.00 bits per heavy atom. The van der Waals surface area contributed by atoms with Gasteiger partial charge in [0.25, 0.3) is 10.0 Å². The highest BCUT2D eigenvalue weighted by molar-refractivity contribution is 8.02. The topological polar surface area (TPSA) is 89.6 Å². The molecule has 0 aromatic rings. The highest BCUT2D eigenvalue weighted by atomic mass is 32.3. The second-order valence-corrected chi connectivity index (χ2v) is 6.86. The zero-order valence-electron chi connectivity index (χ0n) is 6.48. The van der Waals surface area contributed by atoms with E-state index in [1.54, 1.807) is 0 Å². The zero-order chi connectivity index (χ0) is 9.12. The highest BCUT2D eigenvalue weighted by Gasteiger charge is 2.07. The molecule has 0 radical (unpaired) electrons. The maximum atomic E-state index is 10.9. The van der Waals surface area contributed by atoms with Gasteiger partial charge in [0.2, 0.25) is 0 Å². The lowest BCUT2D eigenvalue weighted by Crippen LogP contribution is -2.14. The van der Waals surface area contributed by atoms with Gasteiger partial charge in [-0.15, -0.1) is 3.77 Å². The quantitative estimate of drug-likeness (QED) is 0.633. The molecule has 0 heterocycles. The van der Waals surface area contributed by atoms with Crippen molar-refractivity contribution in [3.05, 3.63) is 0 Å². The van der Waals surface area contributed by atoms with E-state index in [4.69, 9.17) is 5.73 Å². The van der Waals surface area contributed by atoms with Gasteiger partial charge in [-0.25, -0.2) is 12.6 Å². The maximum absolute atomic E-state index is 10.9. The Balaban J connectivity index is 4.79. The summed E-state index contributed by atoms with van der Waals surface area (Å²) in [4.78, 5) is 0. The number of hydrogen-bond donors (Lipinski definition) is 1. The number of sulfonamides is 1. The van der Waals surface area contributed by atoms with Crippen LogP contribution in [0.25, 0.3) is 0 Å². The molecule has 0 unspecified atom stereocenters. The third kappa shape index (κ3) is 6.27. The van der Waals surface area contributed by atoms with Crippen LogP contribution in [-0.2, 0) is 19.8 Å². The van der Waals surface area contributed by atoms with E-state index in [1.165, 1.54) is 12.5 Å². The molecule has 0 aliphatic rings. The van der Waals surface area contributed by atoms with Gasteiger partial charge in [0.05, 0.1) is 15.5 Å². The van der Waals surface area contributed by atoms with Gasteiger partial charge in [0.15, 0.2) is 0 Å². The van der Waals surface area contributed by atoms with E-state index in [2.05, 4.69) is 3.77 Å². The highest BCUT2D eigenvalue weighted by Crippen LogP contribution is 1.95. The first-order valence-electron chi connectivity index (χ1n) is 2.88. The van der Waals surface area contributed by atoms with Crippen molar-refractivity contribution >= 4 is 19.8 Å². The largest absolute Gasteiger partial charge is 0.329 e. The zero-order valence-corrected chi connectivity index (χ0v) is 8.11. The van der Waals surface area contributed by atoms with Gasteiger partial charge in [0.1, 0.15) is 0 Å². The molecule has 0 spiro atoms. The fourth-order valence-corrected chi connectivity index (χ4v) is 3.24. The summed E-state index contributed by atoms with van der Waals surface area (Å²) in [7, 11) is -6.14. The Bertz CT molecular complexity index is 315. The van der Waals surface area contributed by atoms with Crippen molar-refractivity contribution in [2.45, 2.75) is 0 Å². The van der Waals surface area contributed by atoms with Crippen LogP contribution >= 0.6 is 0 Å². The molecule has 2 N–H and O–H groups in total. The third-order valence-electron chi connectivity index (χ3n) is 0.669. The summed E-state index contributed by atoms with van der Waals surface area (Å²) < 4.78 is 35.7. The van der Waals surface area contributed by atoms with Crippen LogP contribution in [0.5, 0.6) is 0 Å². The molecule has 0 atom stereocenters. The lowest BCUT2D eigenvalue weighted by Gasteiger charge is -1.95. The van der Waals surface area contributed by atoms with E-state index in [1.807, 2.05) is 0 Å². The predicted molar refractivity (Wildman–Crippen MR) is 45.3 cm³/mol. The fourth-order valence-electron chi connectivity index (χ4n) is 0.460. The first-order valence-corrected chi connectivity index (χ1v) is 6.82. The Kier molecular flexibility index (Phi) is 3.46. The van der Waals surface area contributed by atoms with Crippen molar-refractivity contribution in [2.75, 3.05) is 24.8 Å². The molecule has 0 bridgehead atoms. The average molecular weight is 200 g/mol. The van der Waals surface area contributed by atoms with Crippen LogP contribution in [0.2, 0.25) is 0 Å². The molecule has 68 valence electrons. The van der Waals surface area contributed by atoms with E-state index in [-0.39, 0.29) is 12.3 Å². The van der Waals surface area contributed by atoms with Crippen LogP contribution in [0, 0.1) is 0 Å². The van der Waals surface area contributed by atoms with Gasteiger partial charge >= 0.3 is 0 Å². The summed E-state index contributed by atoms with van der Waals surface area (Å²) in [6.45, 7) is 0.00134. The SMILES string of the molecule is CS(C)(=O)=NS(=O)(=O)CCN. The molecule has 7 heteroatoms. The van der Waals surface area contributed by atoms with Crippen molar-refractivity contribution in [3.8, 4) is 0 Å². The number of rotatable bonds is 3. The maximum Gasteiger partial charge on any atom is 0.262 e. The van der Waals surface area contributed by atoms with Gasteiger partial charge < -0.3 is 5.73 Å². The van der Waals surface area contributed by atoms with Crippen LogP contribution in [0.1, 0.15) is 0 Å². The molecule has 5 nitrogen and oxygen atoms in total. The fraction of sp³-hybridized carbons (Fsp3) is 1.00. The Labute approximate surface area is 67.2 Å². The van der Waals surface area contributed by atoms with Crippen LogP contribution in [0.15, 0.2) is 3.77 Å². The van der Waals surface area contributed by atoms with Crippen molar-refractivity contribution < 1.29 is 12.6 Å². The van der Waals surface area contributed by atoms with Crippen LogP contribution in [0.3, 0.4) is 0 Å². The number of nitrogens with zero attached hydrogens (tertiary/aromatic N) is 1. The smallest absolute Gasteiger partial charge is 0.262 e. The summed E-state index contributed by atoms with van der Waals surface area (Å²) in [6.07, 6.45) is 2.53. The monoisotopic (exact) mass is 200 g/mol. The summed E-state index contributed by atoms with van der Waals surface area (Å²) in [5.74, 6) is -0.244. The van der Waals surface area contributed by atoms with Crippen molar-refractivity contribution in [1.82, 2.24) is 0 Å². The first-order chi connectivity index (χ1) is 4.77. The molecule has 0 saturated heterocycles. The van der Waals surface area contributed by atoms with Crippen LogP contribution < -0.4 is 5.73 Å². The minimum absolute atomic E-state index is 0.00134. The number of nitrogens with two attached hydrogens (primary N) is 1. The van der Waals surface area contributed by atoms with Crippen LogP contribution in [0.4, 0.5) is 0 Å². The van der Waals surface area contributed by atoms with Crippen molar-refractivity contribution in [1.29, 1.82) is 0 Å². The minimum atomic E-state index is -3.56. The Morgan fingerprint density at radius 1 is 1.27 bits per heavy atom. The average Bonchev–Trinajstić information content (AvgIpc) is 1.55. The summed E-state index contributed by atoms with van der Waals surface area (Å²) >= 11 is 0. The molecule has 0 aliphatic heterocycles. The van der Waals surface area contributed by atoms with E-state index >= 15 is 0 Å². The lowest BCUT2D eigenvalue weighted by molar-refractivity contribution is 0.598. The van der Waals surface area contributed by atoms with Crippen molar-refractivity contribution in [3.63, 3.8) is 0 Å². The molecule has 0 aromatic heterocycles. The predicted octanol–water partition coefficient (Wildman–Crippen LogP) is -0.997. The number of hydrogen-bond acceptors (Lipinski definition) is 4. The van der Waals surface area contributed by atoms with Gasteiger partial charge in [-0.05, 0) is 0 Å². The van der Waals surface area contributed by atoms with E-state index < -0.39 is 19.8 Å². The van der Waals surface area contributed by atoms with Crippen LogP contribution in [-0.4, -0.2) is 37.4 Å². The molecule has 0 amide bonds. The molecule has 0 aliphatic carbocycles. The van der Waals surface area contributed by atoms with Gasteiger partial charge in [-0.3, -0.25) is 0 Å².